The van der Waals surface area contributed by atoms with Gasteiger partial charge in [-0.05, 0) is 0 Å². The third-order valence-electron chi connectivity index (χ3n) is 0.311. The minimum atomic E-state index is 0.130. The number of rotatable bonds is 1. The Bertz CT molecular complexity index is 42.9. The fraction of sp³-hybridized carbons (Fsp3) is 0.500. The van der Waals surface area contributed by atoms with Crippen LogP contribution < -0.4 is 5.73 Å². The lowest BCUT2D eigenvalue weighted by Crippen LogP contribution is -2.14. The number of hydrogen-bond acceptors (Lipinski definition) is 1. The van der Waals surface area contributed by atoms with E-state index in [1.54, 1.807) is 6.82 Å². The summed E-state index contributed by atoms with van der Waals surface area (Å²) in [7, 11) is 1.53. The summed E-state index contributed by atoms with van der Waals surface area (Å²) >= 11 is 0. The van der Waals surface area contributed by atoms with E-state index in [-0.39, 0.29) is 5.73 Å². The van der Waals surface area contributed by atoms with Crippen LogP contribution in [0, 0.1) is 5.41 Å². The summed E-state index contributed by atoms with van der Waals surface area (Å²) in [5.41, 5.74) is 4.95. The van der Waals surface area contributed by atoms with Crippen molar-refractivity contribution in [1.29, 1.82) is 5.41 Å². The van der Waals surface area contributed by atoms with Crippen LogP contribution in [0.4, 0.5) is 0 Å². The van der Waals surface area contributed by atoms with Gasteiger partial charge < -0.3 is 5.73 Å². The van der Waals surface area contributed by atoms with E-state index in [0.29, 0.717) is 0 Å². The van der Waals surface area contributed by atoms with Gasteiger partial charge in [-0.15, -0.1) is 0 Å². The molecule has 0 spiro atoms. The van der Waals surface area contributed by atoms with Gasteiger partial charge in [0.05, 0.1) is 0 Å². The summed E-state index contributed by atoms with van der Waals surface area (Å²) in [6, 6.07) is 0. The van der Waals surface area contributed by atoms with Gasteiger partial charge in [-0.1, -0.05) is 6.82 Å². The largest absolute Gasteiger partial charge is 0.396 e. The first-order valence-electron chi connectivity index (χ1n) is 1.40. The van der Waals surface area contributed by atoms with Crippen molar-refractivity contribution in [3.8, 4) is 0 Å². The predicted molar refractivity (Wildman–Crippen MR) is 23.5 cm³/mol. The highest BCUT2D eigenvalue weighted by Crippen LogP contribution is 1.46. The van der Waals surface area contributed by atoms with Crippen LogP contribution in [0.25, 0.3) is 0 Å². The summed E-state index contributed by atoms with van der Waals surface area (Å²) in [5.74, 6) is 0. The van der Waals surface area contributed by atoms with Gasteiger partial charge in [0.15, 0.2) is 7.28 Å². The third kappa shape index (κ3) is 3.53. The van der Waals surface area contributed by atoms with Gasteiger partial charge >= 0.3 is 0 Å². The SMILES string of the molecule is C[B]C(=N)N. The zero-order chi connectivity index (χ0) is 4.28. The topological polar surface area (TPSA) is 49.9 Å². The Morgan fingerprint density at radius 1 is 2.00 bits per heavy atom. The van der Waals surface area contributed by atoms with Crippen molar-refractivity contribution >= 4 is 13.0 Å². The van der Waals surface area contributed by atoms with Crippen molar-refractivity contribution < 1.29 is 0 Å². The van der Waals surface area contributed by atoms with E-state index in [1.165, 1.54) is 7.28 Å². The van der Waals surface area contributed by atoms with Crippen LogP contribution in [0.1, 0.15) is 0 Å². The molecule has 0 atom stereocenters. The molecule has 0 saturated heterocycles. The molecule has 0 bridgehead atoms. The van der Waals surface area contributed by atoms with E-state index < -0.39 is 0 Å². The fourth-order valence-corrected chi connectivity index (χ4v) is 0. The Kier molecular flexibility index (Phi) is 1.65. The predicted octanol–water partition coefficient (Wildman–Crippen LogP) is -0.368. The van der Waals surface area contributed by atoms with Crippen molar-refractivity contribution in [3.63, 3.8) is 0 Å². The Balaban J connectivity index is 2.85. The second-order valence-corrected chi connectivity index (χ2v) is 0.744. The first-order valence-corrected chi connectivity index (χ1v) is 1.40. The first-order chi connectivity index (χ1) is 2.27. The molecule has 27 valence electrons. The van der Waals surface area contributed by atoms with Crippen LogP contribution in [-0.4, -0.2) is 13.0 Å². The molecule has 0 aromatic rings. The van der Waals surface area contributed by atoms with Crippen LogP contribution in [0.15, 0.2) is 0 Å². The number of nitrogens with two attached hydrogens (primary N) is 1. The lowest BCUT2D eigenvalue weighted by Gasteiger charge is -1.76. The molecule has 0 aliphatic heterocycles. The maximum absolute atomic E-state index is 6.47. The average molecular weight is 68.9 g/mol. The van der Waals surface area contributed by atoms with Crippen LogP contribution in [0.2, 0.25) is 6.82 Å². The lowest BCUT2D eigenvalue weighted by molar-refractivity contribution is 1.50. The molecule has 3 N–H and O–H groups in total. The molecule has 0 aromatic heterocycles. The Morgan fingerprint density at radius 3 is 2.20 bits per heavy atom. The molecule has 1 radical (unpaired) electrons. The molecule has 0 amide bonds. The van der Waals surface area contributed by atoms with Crippen molar-refractivity contribution in [2.45, 2.75) is 6.82 Å². The van der Waals surface area contributed by atoms with E-state index in [0.717, 1.165) is 0 Å². The van der Waals surface area contributed by atoms with E-state index in [2.05, 4.69) is 0 Å². The molecule has 2 nitrogen and oxygen atoms in total. The third-order valence-corrected chi connectivity index (χ3v) is 0.311. The van der Waals surface area contributed by atoms with E-state index >= 15 is 0 Å². The van der Waals surface area contributed by atoms with Crippen LogP contribution >= 0.6 is 0 Å². The molecule has 0 aliphatic carbocycles. The first kappa shape index (κ1) is 4.53. The van der Waals surface area contributed by atoms with Gasteiger partial charge in [0.25, 0.3) is 0 Å². The molecule has 3 heteroatoms. The van der Waals surface area contributed by atoms with Crippen LogP contribution in [-0.2, 0) is 0 Å². The van der Waals surface area contributed by atoms with Crippen LogP contribution in [0.3, 0.4) is 0 Å². The Morgan fingerprint density at radius 2 is 2.20 bits per heavy atom. The Labute approximate surface area is 32.1 Å². The molecule has 0 aromatic carbocycles. The van der Waals surface area contributed by atoms with Gasteiger partial charge in [-0.3, -0.25) is 5.41 Å². The quantitative estimate of drug-likeness (QED) is 0.246. The van der Waals surface area contributed by atoms with Crippen molar-refractivity contribution in [3.05, 3.63) is 0 Å². The van der Waals surface area contributed by atoms with E-state index in [9.17, 15) is 0 Å². The highest BCUT2D eigenvalue weighted by molar-refractivity contribution is 6.72. The Hall–Kier alpha value is -0.465. The molecular formula is C2H6BN2. The monoisotopic (exact) mass is 69.1 g/mol. The smallest absolute Gasteiger partial charge is 0.196 e. The van der Waals surface area contributed by atoms with Gasteiger partial charge in [0.1, 0.15) is 0 Å². The maximum atomic E-state index is 6.47. The van der Waals surface area contributed by atoms with Gasteiger partial charge in [0.2, 0.25) is 0 Å². The normalized spacial score (nSPS) is 6.60. The number of amidine groups is 1. The highest BCUT2D eigenvalue weighted by Gasteiger charge is 1.75. The van der Waals surface area contributed by atoms with E-state index in [1.807, 2.05) is 0 Å². The van der Waals surface area contributed by atoms with Gasteiger partial charge in [-0.25, -0.2) is 0 Å². The van der Waals surface area contributed by atoms with Crippen molar-refractivity contribution in [2.75, 3.05) is 0 Å². The highest BCUT2D eigenvalue weighted by atomic mass is 14.6. The fourth-order valence-electron chi connectivity index (χ4n) is 0. The number of hydrogen-bond donors (Lipinski definition) is 2. The summed E-state index contributed by atoms with van der Waals surface area (Å²) in [6.45, 7) is 1.72. The summed E-state index contributed by atoms with van der Waals surface area (Å²) in [6.07, 6.45) is 0. The maximum Gasteiger partial charge on any atom is 0.196 e. The molecule has 5 heavy (non-hydrogen) atoms. The molecular weight excluding hydrogens is 62.8 g/mol. The lowest BCUT2D eigenvalue weighted by atomic mass is 9.81. The second-order valence-electron chi connectivity index (χ2n) is 0.744. The summed E-state index contributed by atoms with van der Waals surface area (Å²) in [4.78, 5) is 0. The average Bonchev–Trinajstić information content (AvgIpc) is 1.38. The minimum absolute atomic E-state index is 0.130. The van der Waals surface area contributed by atoms with Gasteiger partial charge in [-0.2, -0.15) is 0 Å². The van der Waals surface area contributed by atoms with Crippen molar-refractivity contribution in [1.82, 2.24) is 0 Å². The molecule has 0 rings (SSSR count). The minimum Gasteiger partial charge on any atom is -0.396 e. The summed E-state index contributed by atoms with van der Waals surface area (Å²) in [5, 5.41) is 6.47. The molecule has 0 saturated carbocycles. The van der Waals surface area contributed by atoms with Gasteiger partial charge in [0, 0.05) is 5.73 Å². The molecule has 0 aliphatic rings. The molecule has 0 heterocycles. The molecule has 0 unspecified atom stereocenters. The van der Waals surface area contributed by atoms with E-state index in [4.69, 9.17) is 11.1 Å². The molecule has 0 fully saturated rings. The summed E-state index contributed by atoms with van der Waals surface area (Å²) < 4.78 is 0. The second kappa shape index (κ2) is 1.82. The van der Waals surface area contributed by atoms with Crippen molar-refractivity contribution in [2.24, 2.45) is 5.73 Å². The number of nitrogens with one attached hydrogen (secondary N) is 1. The van der Waals surface area contributed by atoms with Crippen LogP contribution in [0.5, 0.6) is 0 Å². The zero-order valence-electron chi connectivity index (χ0n) is 3.15. The standard InChI is InChI=1S/C2H6BN2/c1-3-2(4)5/h1H3,(H3,4,5). The zero-order valence-corrected chi connectivity index (χ0v) is 3.15.